The molecule has 0 spiro atoms. The summed E-state index contributed by atoms with van der Waals surface area (Å²) in [5.74, 6) is 1.28. The van der Waals surface area contributed by atoms with Gasteiger partial charge in [0, 0.05) is 19.3 Å². The Balaban J connectivity index is 2.35. The molecule has 0 radical (unpaired) electrons. The summed E-state index contributed by atoms with van der Waals surface area (Å²) in [5, 5.41) is 4.85. The molecule has 0 unspecified atom stereocenters. The number of aryl methyl sites for hydroxylation is 1. The Hall–Kier alpha value is -1.75. The molecule has 2 rings (SSSR count). The number of pyridine rings is 1. The van der Waals surface area contributed by atoms with Crippen LogP contribution in [-0.2, 0) is 7.05 Å². The molecule has 18 heavy (non-hydrogen) atoms. The molecule has 0 saturated heterocycles. The Morgan fingerprint density at radius 3 is 2.67 bits per heavy atom. The number of nitrogen functional groups attached to an aromatic ring is 1. The molecule has 0 fully saturated rings. The zero-order valence-electron chi connectivity index (χ0n) is 10.5. The van der Waals surface area contributed by atoms with Gasteiger partial charge in [-0.15, -0.1) is 0 Å². The molecule has 0 bridgehead atoms. The number of hydrogen-bond acceptors (Lipinski definition) is 4. The molecule has 0 aliphatic rings. The van der Waals surface area contributed by atoms with Gasteiger partial charge in [0.1, 0.15) is 11.4 Å². The SMILES string of the molecule is CC(C)c1nn(C)c(Oc2cncc(Cl)c2)c1N. The quantitative estimate of drug-likeness (QED) is 0.927. The van der Waals surface area contributed by atoms with Crippen molar-refractivity contribution in [3.8, 4) is 11.6 Å². The van der Waals surface area contributed by atoms with Crippen molar-refractivity contribution >= 4 is 17.3 Å². The predicted molar refractivity (Wildman–Crippen MR) is 71.0 cm³/mol. The fraction of sp³-hybridized carbons (Fsp3) is 0.333. The molecule has 96 valence electrons. The van der Waals surface area contributed by atoms with Crippen LogP contribution in [0.25, 0.3) is 0 Å². The Morgan fingerprint density at radius 1 is 1.39 bits per heavy atom. The first kappa shape index (κ1) is 12.7. The molecule has 2 aromatic rings. The van der Waals surface area contributed by atoms with Crippen LogP contribution in [0.15, 0.2) is 18.5 Å². The molecule has 0 aromatic carbocycles. The highest BCUT2D eigenvalue weighted by Gasteiger charge is 2.17. The highest BCUT2D eigenvalue weighted by molar-refractivity contribution is 6.30. The Labute approximate surface area is 111 Å². The summed E-state index contributed by atoms with van der Waals surface area (Å²) in [6, 6.07) is 1.68. The van der Waals surface area contributed by atoms with Crippen molar-refractivity contribution in [3.05, 3.63) is 29.2 Å². The molecule has 0 saturated carbocycles. The zero-order chi connectivity index (χ0) is 13.3. The number of nitrogens with two attached hydrogens (primary N) is 1. The Bertz CT molecular complexity index is 565. The van der Waals surface area contributed by atoms with Crippen LogP contribution >= 0.6 is 11.6 Å². The third-order valence-electron chi connectivity index (χ3n) is 2.50. The lowest BCUT2D eigenvalue weighted by atomic mass is 10.1. The smallest absolute Gasteiger partial charge is 0.241 e. The topological polar surface area (TPSA) is 66.0 Å². The summed E-state index contributed by atoms with van der Waals surface area (Å²) in [5.41, 5.74) is 7.40. The minimum Gasteiger partial charge on any atom is -0.436 e. The summed E-state index contributed by atoms with van der Waals surface area (Å²) in [7, 11) is 1.79. The Kier molecular flexibility index (Phi) is 3.43. The van der Waals surface area contributed by atoms with Crippen molar-refractivity contribution < 1.29 is 4.74 Å². The number of rotatable bonds is 3. The number of anilines is 1. The second-order valence-electron chi connectivity index (χ2n) is 4.32. The third kappa shape index (κ3) is 2.41. The first-order valence-corrected chi connectivity index (χ1v) is 5.97. The van der Waals surface area contributed by atoms with E-state index in [9.17, 15) is 0 Å². The van der Waals surface area contributed by atoms with Gasteiger partial charge in [0.05, 0.1) is 16.9 Å². The number of hydrogen-bond donors (Lipinski definition) is 1. The van der Waals surface area contributed by atoms with E-state index in [1.54, 1.807) is 30.2 Å². The molecule has 0 aliphatic heterocycles. The number of nitrogens with zero attached hydrogens (tertiary/aromatic N) is 3. The second-order valence-corrected chi connectivity index (χ2v) is 4.76. The van der Waals surface area contributed by atoms with Crippen LogP contribution in [-0.4, -0.2) is 14.8 Å². The van der Waals surface area contributed by atoms with E-state index in [-0.39, 0.29) is 5.92 Å². The van der Waals surface area contributed by atoms with Gasteiger partial charge in [-0.1, -0.05) is 25.4 Å². The van der Waals surface area contributed by atoms with E-state index in [2.05, 4.69) is 10.1 Å². The molecule has 0 amide bonds. The van der Waals surface area contributed by atoms with Gasteiger partial charge in [-0.3, -0.25) is 4.98 Å². The van der Waals surface area contributed by atoms with E-state index in [1.807, 2.05) is 13.8 Å². The average molecular weight is 267 g/mol. The Morgan fingerprint density at radius 2 is 2.11 bits per heavy atom. The monoisotopic (exact) mass is 266 g/mol. The van der Waals surface area contributed by atoms with E-state index in [1.165, 1.54) is 0 Å². The molecule has 0 aliphatic carbocycles. The zero-order valence-corrected chi connectivity index (χ0v) is 11.3. The van der Waals surface area contributed by atoms with Gasteiger partial charge in [-0.05, 0) is 5.92 Å². The molecule has 6 heteroatoms. The normalized spacial score (nSPS) is 10.9. The highest BCUT2D eigenvalue weighted by atomic mass is 35.5. The van der Waals surface area contributed by atoms with Crippen molar-refractivity contribution in [3.63, 3.8) is 0 Å². The van der Waals surface area contributed by atoms with Gasteiger partial charge in [0.2, 0.25) is 5.88 Å². The van der Waals surface area contributed by atoms with Crippen molar-refractivity contribution in [2.45, 2.75) is 19.8 Å². The lowest BCUT2D eigenvalue weighted by molar-refractivity contribution is 0.430. The van der Waals surface area contributed by atoms with E-state index < -0.39 is 0 Å². The van der Waals surface area contributed by atoms with Gasteiger partial charge in [0.25, 0.3) is 0 Å². The summed E-state index contributed by atoms with van der Waals surface area (Å²) >= 11 is 5.85. The van der Waals surface area contributed by atoms with Crippen LogP contribution in [0, 0.1) is 0 Å². The lowest BCUT2D eigenvalue weighted by Gasteiger charge is -2.06. The van der Waals surface area contributed by atoms with Gasteiger partial charge >= 0.3 is 0 Å². The van der Waals surface area contributed by atoms with Crippen molar-refractivity contribution in [2.24, 2.45) is 7.05 Å². The van der Waals surface area contributed by atoms with Gasteiger partial charge < -0.3 is 10.5 Å². The third-order valence-corrected chi connectivity index (χ3v) is 2.71. The van der Waals surface area contributed by atoms with Gasteiger partial charge in [0.15, 0.2) is 0 Å². The van der Waals surface area contributed by atoms with Crippen molar-refractivity contribution in [1.82, 2.24) is 14.8 Å². The van der Waals surface area contributed by atoms with Crippen LogP contribution in [0.2, 0.25) is 5.02 Å². The summed E-state index contributed by atoms with van der Waals surface area (Å²) < 4.78 is 7.30. The maximum absolute atomic E-state index is 6.03. The second kappa shape index (κ2) is 4.86. The first-order chi connectivity index (χ1) is 8.49. The molecule has 2 heterocycles. The van der Waals surface area contributed by atoms with Gasteiger partial charge in [-0.25, -0.2) is 4.68 Å². The van der Waals surface area contributed by atoms with E-state index in [0.717, 1.165) is 5.69 Å². The highest BCUT2D eigenvalue weighted by Crippen LogP contribution is 2.33. The molecule has 0 atom stereocenters. The predicted octanol–water partition coefficient (Wildman–Crippen LogP) is 2.97. The minimum atomic E-state index is 0.242. The van der Waals surface area contributed by atoms with Crippen LogP contribution in [0.1, 0.15) is 25.5 Å². The van der Waals surface area contributed by atoms with E-state index >= 15 is 0 Å². The van der Waals surface area contributed by atoms with Crippen LogP contribution in [0.5, 0.6) is 11.6 Å². The first-order valence-electron chi connectivity index (χ1n) is 5.59. The fourth-order valence-electron chi connectivity index (χ4n) is 1.65. The minimum absolute atomic E-state index is 0.242. The van der Waals surface area contributed by atoms with Crippen molar-refractivity contribution in [2.75, 3.05) is 5.73 Å². The molecule has 2 aromatic heterocycles. The summed E-state index contributed by atoms with van der Waals surface area (Å²) in [6.07, 6.45) is 3.12. The number of halogens is 1. The maximum atomic E-state index is 6.03. The fourth-order valence-corrected chi connectivity index (χ4v) is 1.82. The van der Waals surface area contributed by atoms with E-state index in [0.29, 0.717) is 22.3 Å². The maximum Gasteiger partial charge on any atom is 0.241 e. The molecule has 2 N–H and O–H groups in total. The average Bonchev–Trinajstić information content (AvgIpc) is 2.57. The van der Waals surface area contributed by atoms with Crippen LogP contribution in [0.4, 0.5) is 5.69 Å². The van der Waals surface area contributed by atoms with Crippen LogP contribution < -0.4 is 10.5 Å². The number of ether oxygens (including phenoxy) is 1. The lowest BCUT2D eigenvalue weighted by Crippen LogP contribution is -1.97. The standard InChI is InChI=1S/C12H15ClN4O/c1-7(2)11-10(14)12(17(3)16-11)18-9-4-8(13)5-15-6-9/h4-7H,14H2,1-3H3. The summed E-state index contributed by atoms with van der Waals surface area (Å²) in [4.78, 5) is 3.95. The van der Waals surface area contributed by atoms with Gasteiger partial charge in [-0.2, -0.15) is 5.10 Å². The van der Waals surface area contributed by atoms with Crippen molar-refractivity contribution in [1.29, 1.82) is 0 Å². The molecule has 5 nitrogen and oxygen atoms in total. The van der Waals surface area contributed by atoms with E-state index in [4.69, 9.17) is 22.1 Å². The molecular formula is C12H15ClN4O. The number of aromatic nitrogens is 3. The molecular weight excluding hydrogens is 252 g/mol. The van der Waals surface area contributed by atoms with Crippen LogP contribution in [0.3, 0.4) is 0 Å². The summed E-state index contributed by atoms with van der Waals surface area (Å²) in [6.45, 7) is 4.06. The largest absolute Gasteiger partial charge is 0.436 e.